The van der Waals surface area contributed by atoms with Gasteiger partial charge in [0.25, 0.3) is 0 Å². The zero-order chi connectivity index (χ0) is 17.2. The van der Waals surface area contributed by atoms with E-state index in [4.69, 9.17) is 16.3 Å². The van der Waals surface area contributed by atoms with Crippen molar-refractivity contribution in [1.29, 1.82) is 0 Å². The minimum Gasteiger partial charge on any atom is -0.465 e. The summed E-state index contributed by atoms with van der Waals surface area (Å²) in [6.45, 7) is 4.69. The van der Waals surface area contributed by atoms with Crippen molar-refractivity contribution in [1.82, 2.24) is 0 Å². The summed E-state index contributed by atoms with van der Waals surface area (Å²) in [6, 6.07) is 0. The van der Waals surface area contributed by atoms with Crippen molar-refractivity contribution in [2.24, 2.45) is 0 Å². The van der Waals surface area contributed by atoms with Gasteiger partial charge in [0.15, 0.2) is 0 Å². The molecule has 0 aliphatic rings. The van der Waals surface area contributed by atoms with E-state index >= 15 is 0 Å². The van der Waals surface area contributed by atoms with Crippen LogP contribution in [-0.4, -0.2) is 18.0 Å². The molecular formula is C20H39ClO2. The smallest absolute Gasteiger partial charge is 0.324 e. The van der Waals surface area contributed by atoms with Crippen LogP contribution in [0.4, 0.5) is 0 Å². The predicted molar refractivity (Wildman–Crippen MR) is 101 cm³/mol. The van der Waals surface area contributed by atoms with E-state index in [1.807, 2.05) is 6.92 Å². The molecule has 0 aromatic carbocycles. The highest BCUT2D eigenvalue weighted by Crippen LogP contribution is 2.13. The van der Waals surface area contributed by atoms with Crippen molar-refractivity contribution >= 4 is 17.6 Å². The van der Waals surface area contributed by atoms with Crippen LogP contribution >= 0.6 is 11.6 Å². The van der Waals surface area contributed by atoms with Crippen LogP contribution in [0.2, 0.25) is 0 Å². The van der Waals surface area contributed by atoms with Gasteiger partial charge in [-0.25, -0.2) is 0 Å². The molecule has 0 aromatic heterocycles. The van der Waals surface area contributed by atoms with Crippen molar-refractivity contribution in [3.8, 4) is 0 Å². The monoisotopic (exact) mass is 346 g/mol. The van der Waals surface area contributed by atoms with Crippen LogP contribution < -0.4 is 0 Å². The third kappa shape index (κ3) is 16.4. The highest BCUT2D eigenvalue weighted by atomic mass is 35.5. The molecule has 0 radical (unpaired) electrons. The molecule has 0 fully saturated rings. The summed E-state index contributed by atoms with van der Waals surface area (Å²) in [6.07, 6.45) is 19.4. The number of carbonyl (C=O) groups is 1. The number of hydrogen-bond donors (Lipinski definition) is 0. The molecule has 0 spiro atoms. The van der Waals surface area contributed by atoms with Gasteiger partial charge in [-0.1, -0.05) is 97.3 Å². The Morgan fingerprint density at radius 1 is 0.739 bits per heavy atom. The molecule has 1 unspecified atom stereocenters. The molecule has 23 heavy (non-hydrogen) atoms. The molecule has 0 amide bonds. The van der Waals surface area contributed by atoms with Crippen LogP contribution in [0, 0.1) is 0 Å². The Hall–Kier alpha value is -0.240. The summed E-state index contributed by atoms with van der Waals surface area (Å²) in [5.74, 6) is -0.260. The van der Waals surface area contributed by atoms with Crippen LogP contribution in [0.5, 0.6) is 0 Å². The molecule has 0 N–H and O–H groups in total. The number of unbranched alkanes of at least 4 members (excludes halogenated alkanes) is 13. The van der Waals surface area contributed by atoms with Gasteiger partial charge in [0.05, 0.1) is 6.61 Å². The number of halogens is 1. The van der Waals surface area contributed by atoms with E-state index in [2.05, 4.69) is 6.92 Å². The van der Waals surface area contributed by atoms with Crippen LogP contribution in [0.3, 0.4) is 0 Å². The Morgan fingerprint density at radius 3 is 1.52 bits per heavy atom. The van der Waals surface area contributed by atoms with Crippen LogP contribution in [-0.2, 0) is 9.53 Å². The topological polar surface area (TPSA) is 26.3 Å². The average molecular weight is 347 g/mol. The zero-order valence-electron chi connectivity index (χ0n) is 15.6. The van der Waals surface area contributed by atoms with E-state index in [9.17, 15) is 4.79 Å². The molecule has 1 atom stereocenters. The van der Waals surface area contributed by atoms with Crippen LogP contribution in [0.25, 0.3) is 0 Å². The maximum Gasteiger partial charge on any atom is 0.324 e. The van der Waals surface area contributed by atoms with E-state index in [0.29, 0.717) is 13.0 Å². The lowest BCUT2D eigenvalue weighted by Crippen LogP contribution is -2.17. The fourth-order valence-corrected chi connectivity index (χ4v) is 2.79. The molecule has 0 rings (SSSR count). The standard InChI is InChI=1S/C20H39ClO2/c1-3-5-6-7-8-9-10-11-12-13-14-15-16-17-18-23-20(22)19(21)4-2/h19H,3-18H2,1-2H3. The normalized spacial score (nSPS) is 12.3. The van der Waals surface area contributed by atoms with Crippen LogP contribution in [0.15, 0.2) is 0 Å². The van der Waals surface area contributed by atoms with E-state index in [1.165, 1.54) is 77.0 Å². The Labute approximate surface area is 149 Å². The second-order valence-corrected chi connectivity index (χ2v) is 7.17. The average Bonchev–Trinajstić information content (AvgIpc) is 2.57. The van der Waals surface area contributed by atoms with E-state index < -0.39 is 5.38 Å². The molecular weight excluding hydrogens is 308 g/mol. The summed E-state index contributed by atoms with van der Waals surface area (Å²) < 4.78 is 5.13. The van der Waals surface area contributed by atoms with Crippen molar-refractivity contribution in [3.63, 3.8) is 0 Å². The van der Waals surface area contributed by atoms with Gasteiger partial charge < -0.3 is 4.74 Å². The Balaban J connectivity index is 3.09. The Kier molecular flexibility index (Phi) is 17.9. The maximum absolute atomic E-state index is 11.4. The Morgan fingerprint density at radius 2 is 1.13 bits per heavy atom. The number of ether oxygens (including phenoxy) is 1. The minimum atomic E-state index is -0.471. The molecule has 2 nitrogen and oxygen atoms in total. The number of carbonyl (C=O) groups excluding carboxylic acids is 1. The molecule has 0 aliphatic heterocycles. The van der Waals surface area contributed by atoms with Crippen molar-refractivity contribution < 1.29 is 9.53 Å². The summed E-state index contributed by atoms with van der Waals surface area (Å²) in [4.78, 5) is 11.4. The first-order chi connectivity index (χ1) is 11.2. The lowest BCUT2D eigenvalue weighted by molar-refractivity contribution is -0.143. The van der Waals surface area contributed by atoms with Gasteiger partial charge in [-0.3, -0.25) is 4.79 Å². The minimum absolute atomic E-state index is 0.260. The van der Waals surface area contributed by atoms with Crippen molar-refractivity contribution in [3.05, 3.63) is 0 Å². The lowest BCUT2D eigenvalue weighted by Gasteiger charge is -2.07. The lowest BCUT2D eigenvalue weighted by atomic mass is 10.0. The molecule has 138 valence electrons. The van der Waals surface area contributed by atoms with E-state index in [1.54, 1.807) is 0 Å². The quantitative estimate of drug-likeness (QED) is 0.160. The third-order valence-electron chi connectivity index (χ3n) is 4.36. The first kappa shape index (κ1) is 22.8. The molecule has 0 aliphatic carbocycles. The van der Waals surface area contributed by atoms with Gasteiger partial charge in [-0.15, -0.1) is 11.6 Å². The fraction of sp³-hybridized carbons (Fsp3) is 0.950. The second kappa shape index (κ2) is 18.1. The van der Waals surface area contributed by atoms with E-state index in [-0.39, 0.29) is 5.97 Å². The number of rotatable bonds is 17. The molecule has 0 heterocycles. The number of alkyl halides is 1. The van der Waals surface area contributed by atoms with Gasteiger partial charge in [0, 0.05) is 0 Å². The van der Waals surface area contributed by atoms with Gasteiger partial charge in [-0.2, -0.15) is 0 Å². The van der Waals surface area contributed by atoms with Gasteiger partial charge in [-0.05, 0) is 12.8 Å². The number of hydrogen-bond acceptors (Lipinski definition) is 2. The molecule has 0 saturated carbocycles. The number of esters is 1. The summed E-state index contributed by atoms with van der Waals surface area (Å²) in [5, 5.41) is -0.471. The van der Waals surface area contributed by atoms with E-state index in [0.717, 1.165) is 12.8 Å². The molecule has 0 saturated heterocycles. The Bertz CT molecular complexity index is 256. The maximum atomic E-state index is 11.4. The first-order valence-corrected chi connectivity index (χ1v) is 10.5. The summed E-state index contributed by atoms with van der Waals surface area (Å²) >= 11 is 5.81. The van der Waals surface area contributed by atoms with Gasteiger partial charge in [0.1, 0.15) is 5.38 Å². The third-order valence-corrected chi connectivity index (χ3v) is 4.84. The highest BCUT2D eigenvalue weighted by Gasteiger charge is 2.13. The predicted octanol–water partition coefficient (Wildman–Crippen LogP) is 7.03. The first-order valence-electron chi connectivity index (χ1n) is 10.0. The SMILES string of the molecule is CCCCCCCCCCCCCCCCOC(=O)C(Cl)CC. The largest absolute Gasteiger partial charge is 0.465 e. The van der Waals surface area contributed by atoms with Crippen molar-refractivity contribution in [2.75, 3.05) is 6.61 Å². The fourth-order valence-electron chi connectivity index (χ4n) is 2.73. The van der Waals surface area contributed by atoms with Gasteiger partial charge in [0.2, 0.25) is 0 Å². The molecule has 0 aromatic rings. The second-order valence-electron chi connectivity index (χ2n) is 6.64. The highest BCUT2D eigenvalue weighted by molar-refractivity contribution is 6.29. The summed E-state index contributed by atoms with van der Waals surface area (Å²) in [7, 11) is 0. The molecule has 3 heteroatoms. The molecule has 0 bridgehead atoms. The van der Waals surface area contributed by atoms with Crippen LogP contribution in [0.1, 0.15) is 110 Å². The zero-order valence-corrected chi connectivity index (χ0v) is 16.3. The summed E-state index contributed by atoms with van der Waals surface area (Å²) in [5.41, 5.74) is 0. The van der Waals surface area contributed by atoms with Gasteiger partial charge >= 0.3 is 5.97 Å². The van der Waals surface area contributed by atoms with Crippen molar-refractivity contribution in [2.45, 2.75) is 116 Å².